The first-order valence-electron chi connectivity index (χ1n) is 10.4. The summed E-state index contributed by atoms with van der Waals surface area (Å²) in [5.41, 5.74) is 1.35. The predicted molar refractivity (Wildman–Crippen MR) is 135 cm³/mol. The van der Waals surface area contributed by atoms with Gasteiger partial charge in [-0.25, -0.2) is 0 Å². The molecule has 0 atom stereocenters. The molecule has 36 heavy (non-hydrogen) atoms. The van der Waals surface area contributed by atoms with E-state index < -0.39 is 28.5 Å². The Morgan fingerprint density at radius 3 is 2.69 bits per heavy atom. The maximum Gasteiger partial charge on any atom is 0.294 e. The van der Waals surface area contributed by atoms with Crippen LogP contribution < -0.4 is 10.1 Å². The zero-order valence-electron chi connectivity index (χ0n) is 18.9. The lowest BCUT2D eigenvalue weighted by Crippen LogP contribution is -2.36. The number of aryl methyl sites for hydroxylation is 1. The lowest BCUT2D eigenvalue weighted by Gasteiger charge is -2.13. The van der Waals surface area contributed by atoms with E-state index in [0.717, 1.165) is 4.90 Å². The molecular formula is C24H18ClN3O7S. The standard InChI is InChI=1S/C24H18ClN3O7S/c1-13-3-4-14(9-18(13)28(32)33)19-8-6-16(35-19)11-21-23(30)27(24(31)36-21)12-22(29)26-15-5-7-20(34-2)17(25)10-15/h3-11H,12H2,1-2H3,(H,26,29)/b21-11+. The number of thioether (sulfide) groups is 1. The number of imide groups is 1. The number of hydrogen-bond donors (Lipinski definition) is 1. The molecule has 2 aromatic carbocycles. The Morgan fingerprint density at radius 2 is 2.00 bits per heavy atom. The number of benzene rings is 2. The van der Waals surface area contributed by atoms with E-state index in [1.165, 1.54) is 25.3 Å². The molecule has 3 aromatic rings. The summed E-state index contributed by atoms with van der Waals surface area (Å²) in [4.78, 5) is 49.2. The number of ether oxygens (including phenoxy) is 1. The Balaban J connectivity index is 1.46. The molecule has 0 aliphatic carbocycles. The van der Waals surface area contributed by atoms with Gasteiger partial charge in [0.15, 0.2) is 0 Å². The maximum atomic E-state index is 12.8. The highest BCUT2D eigenvalue weighted by molar-refractivity contribution is 8.18. The van der Waals surface area contributed by atoms with Crippen LogP contribution in [0.4, 0.5) is 16.2 Å². The van der Waals surface area contributed by atoms with Crippen LogP contribution in [-0.4, -0.2) is 40.5 Å². The highest BCUT2D eigenvalue weighted by Gasteiger charge is 2.36. The first kappa shape index (κ1) is 25.0. The number of furan rings is 1. The van der Waals surface area contributed by atoms with Crippen LogP contribution in [0.2, 0.25) is 5.02 Å². The molecule has 0 unspecified atom stereocenters. The van der Waals surface area contributed by atoms with Crippen LogP contribution >= 0.6 is 23.4 Å². The summed E-state index contributed by atoms with van der Waals surface area (Å²) in [5, 5.41) is 13.5. The Kier molecular flexibility index (Phi) is 7.13. The molecule has 1 aromatic heterocycles. The van der Waals surface area contributed by atoms with Gasteiger partial charge >= 0.3 is 0 Å². The molecule has 0 radical (unpaired) electrons. The number of anilines is 1. The minimum Gasteiger partial charge on any atom is -0.495 e. The number of nitrogens with one attached hydrogen (secondary N) is 1. The zero-order valence-corrected chi connectivity index (χ0v) is 20.5. The molecule has 12 heteroatoms. The molecule has 0 saturated carbocycles. The quantitative estimate of drug-likeness (QED) is 0.242. The van der Waals surface area contributed by atoms with Gasteiger partial charge in [-0.2, -0.15) is 0 Å². The van der Waals surface area contributed by atoms with Gasteiger partial charge in [0.05, 0.1) is 22.0 Å². The topological polar surface area (TPSA) is 132 Å². The van der Waals surface area contributed by atoms with Gasteiger partial charge in [-0.1, -0.05) is 23.7 Å². The predicted octanol–water partition coefficient (Wildman–Crippen LogP) is 5.50. The Morgan fingerprint density at radius 1 is 1.22 bits per heavy atom. The lowest BCUT2D eigenvalue weighted by atomic mass is 10.1. The van der Waals surface area contributed by atoms with Crippen molar-refractivity contribution in [3.63, 3.8) is 0 Å². The van der Waals surface area contributed by atoms with Gasteiger partial charge in [-0.05, 0) is 49.0 Å². The third-order valence-electron chi connectivity index (χ3n) is 5.20. The normalized spacial score (nSPS) is 14.4. The van der Waals surface area contributed by atoms with Crippen LogP contribution in [0.15, 0.2) is 57.9 Å². The average molecular weight is 528 g/mol. The molecule has 4 rings (SSSR count). The maximum absolute atomic E-state index is 12.8. The van der Waals surface area contributed by atoms with Gasteiger partial charge in [0.1, 0.15) is 23.8 Å². The number of nitrogens with zero attached hydrogens (tertiary/aromatic N) is 2. The van der Waals surface area contributed by atoms with Crippen molar-refractivity contribution < 1.29 is 28.5 Å². The molecule has 1 saturated heterocycles. The van der Waals surface area contributed by atoms with Crippen molar-refractivity contribution in [3.05, 3.63) is 79.9 Å². The first-order valence-corrected chi connectivity index (χ1v) is 11.6. The summed E-state index contributed by atoms with van der Waals surface area (Å²) < 4.78 is 10.8. The molecule has 2 heterocycles. The molecule has 1 fully saturated rings. The lowest BCUT2D eigenvalue weighted by molar-refractivity contribution is -0.385. The largest absolute Gasteiger partial charge is 0.495 e. The molecule has 1 N–H and O–H groups in total. The number of amides is 3. The highest BCUT2D eigenvalue weighted by Crippen LogP contribution is 2.34. The molecule has 1 aliphatic rings. The van der Waals surface area contributed by atoms with Crippen LogP contribution in [-0.2, 0) is 9.59 Å². The third-order valence-corrected chi connectivity index (χ3v) is 6.40. The van der Waals surface area contributed by atoms with Crippen molar-refractivity contribution in [1.82, 2.24) is 4.90 Å². The minimum atomic E-state index is -0.642. The van der Waals surface area contributed by atoms with E-state index in [1.807, 2.05) is 0 Å². The number of nitro benzene ring substituents is 1. The van der Waals surface area contributed by atoms with Crippen molar-refractivity contribution in [2.24, 2.45) is 0 Å². The number of halogens is 1. The number of hydrogen-bond acceptors (Lipinski definition) is 8. The molecule has 1 aliphatic heterocycles. The van der Waals surface area contributed by atoms with E-state index >= 15 is 0 Å². The number of methoxy groups -OCH3 is 1. The summed E-state index contributed by atoms with van der Waals surface area (Å²) in [7, 11) is 1.46. The number of carbonyl (C=O) groups excluding carboxylic acids is 3. The second-order valence-electron chi connectivity index (χ2n) is 7.63. The van der Waals surface area contributed by atoms with Gasteiger partial charge in [0, 0.05) is 29.0 Å². The molecule has 0 bridgehead atoms. The fraction of sp³-hybridized carbons (Fsp3) is 0.125. The van der Waals surface area contributed by atoms with Crippen molar-refractivity contribution in [1.29, 1.82) is 0 Å². The fourth-order valence-electron chi connectivity index (χ4n) is 3.40. The van der Waals surface area contributed by atoms with E-state index in [0.29, 0.717) is 45.1 Å². The average Bonchev–Trinajstić information content (AvgIpc) is 3.39. The summed E-state index contributed by atoms with van der Waals surface area (Å²) in [6.45, 7) is 1.15. The second-order valence-corrected chi connectivity index (χ2v) is 9.03. The summed E-state index contributed by atoms with van der Waals surface area (Å²) in [5.74, 6) is -0.150. The number of carbonyl (C=O) groups is 3. The van der Waals surface area contributed by atoms with Gasteiger partial charge < -0.3 is 14.5 Å². The van der Waals surface area contributed by atoms with E-state index in [-0.39, 0.29) is 16.4 Å². The Hall–Kier alpha value is -4.09. The van der Waals surface area contributed by atoms with E-state index in [2.05, 4.69) is 5.32 Å². The second kappa shape index (κ2) is 10.3. The molecule has 10 nitrogen and oxygen atoms in total. The SMILES string of the molecule is COc1ccc(NC(=O)CN2C(=O)S/C(=C/c3ccc(-c4ccc(C)c([N+](=O)[O-])c4)o3)C2=O)cc1Cl. The molecule has 184 valence electrons. The van der Waals surface area contributed by atoms with Crippen LogP contribution in [0.3, 0.4) is 0 Å². The monoisotopic (exact) mass is 527 g/mol. The third kappa shape index (κ3) is 5.26. The van der Waals surface area contributed by atoms with E-state index in [1.54, 1.807) is 43.3 Å². The number of rotatable bonds is 7. The van der Waals surface area contributed by atoms with Crippen molar-refractivity contribution in [3.8, 4) is 17.1 Å². The Labute approximate surface area is 214 Å². The highest BCUT2D eigenvalue weighted by atomic mass is 35.5. The van der Waals surface area contributed by atoms with Crippen LogP contribution in [0.5, 0.6) is 5.75 Å². The van der Waals surface area contributed by atoms with E-state index in [9.17, 15) is 24.5 Å². The van der Waals surface area contributed by atoms with Crippen LogP contribution in [0, 0.1) is 17.0 Å². The fourth-order valence-corrected chi connectivity index (χ4v) is 4.47. The van der Waals surface area contributed by atoms with Crippen LogP contribution in [0.1, 0.15) is 11.3 Å². The van der Waals surface area contributed by atoms with Crippen molar-refractivity contribution in [2.45, 2.75) is 6.92 Å². The van der Waals surface area contributed by atoms with Gasteiger partial charge in [-0.15, -0.1) is 0 Å². The smallest absolute Gasteiger partial charge is 0.294 e. The molecular weight excluding hydrogens is 510 g/mol. The van der Waals surface area contributed by atoms with E-state index in [4.69, 9.17) is 20.8 Å². The van der Waals surface area contributed by atoms with Gasteiger partial charge in [-0.3, -0.25) is 29.4 Å². The Bertz CT molecular complexity index is 1430. The van der Waals surface area contributed by atoms with Crippen molar-refractivity contribution >= 4 is 57.9 Å². The minimum absolute atomic E-state index is 0.0400. The number of nitro groups is 1. The summed E-state index contributed by atoms with van der Waals surface area (Å²) >= 11 is 6.73. The summed E-state index contributed by atoms with van der Waals surface area (Å²) in [6.07, 6.45) is 1.39. The van der Waals surface area contributed by atoms with Crippen molar-refractivity contribution in [2.75, 3.05) is 19.0 Å². The zero-order chi connectivity index (χ0) is 26.0. The van der Waals surface area contributed by atoms with Gasteiger partial charge in [0.2, 0.25) is 5.91 Å². The van der Waals surface area contributed by atoms with Gasteiger partial charge in [0.25, 0.3) is 16.8 Å². The molecule has 3 amide bonds. The summed E-state index contributed by atoms with van der Waals surface area (Å²) in [6, 6.07) is 12.5. The first-order chi connectivity index (χ1) is 17.2. The molecule has 0 spiro atoms. The van der Waals surface area contributed by atoms with Crippen LogP contribution in [0.25, 0.3) is 17.4 Å².